The Balaban J connectivity index is 1.96. The Labute approximate surface area is 145 Å². The molecular weight excluding hydrogens is 322 g/mol. The second-order valence-corrected chi connectivity index (χ2v) is 6.26. The molecule has 0 bridgehead atoms. The number of benzene rings is 2. The Bertz CT molecular complexity index is 776. The molecule has 0 radical (unpaired) electrons. The molecule has 0 spiro atoms. The Hall–Kier alpha value is -2.41. The van der Waals surface area contributed by atoms with Crippen molar-refractivity contribution in [2.75, 3.05) is 13.2 Å². The number of carbonyl (C=O) groups excluding carboxylic acids is 1. The van der Waals surface area contributed by atoms with Crippen LogP contribution in [0.5, 0.6) is 11.5 Å². The van der Waals surface area contributed by atoms with E-state index < -0.39 is 12.3 Å². The van der Waals surface area contributed by atoms with Crippen LogP contribution in [0.1, 0.15) is 33.3 Å². The molecule has 2 aromatic carbocycles. The number of phenols is 2. The molecule has 1 aliphatic rings. The average Bonchev–Trinajstić information content (AvgIpc) is 3.01. The number of ether oxygens (including phenoxy) is 1. The third-order valence-electron chi connectivity index (χ3n) is 4.37. The SMILES string of the molecule is Cc1cc(C=O)c(O)c([C@@H]2O[C@H](CO)CN2Cc2ccccc2O)c1. The van der Waals surface area contributed by atoms with E-state index in [0.717, 1.165) is 11.1 Å². The van der Waals surface area contributed by atoms with Gasteiger partial charge in [-0.05, 0) is 30.7 Å². The van der Waals surface area contributed by atoms with E-state index in [9.17, 15) is 20.1 Å². The number of hydrogen-bond acceptors (Lipinski definition) is 6. The number of para-hydroxylation sites is 1. The van der Waals surface area contributed by atoms with Gasteiger partial charge in [-0.25, -0.2) is 0 Å². The molecule has 0 amide bonds. The van der Waals surface area contributed by atoms with Gasteiger partial charge in [-0.2, -0.15) is 0 Å². The normalized spacial score (nSPS) is 20.7. The smallest absolute Gasteiger partial charge is 0.153 e. The van der Waals surface area contributed by atoms with Gasteiger partial charge in [-0.15, -0.1) is 0 Å². The highest BCUT2D eigenvalue weighted by molar-refractivity contribution is 5.80. The summed E-state index contributed by atoms with van der Waals surface area (Å²) in [5, 5.41) is 29.9. The third-order valence-corrected chi connectivity index (χ3v) is 4.37. The van der Waals surface area contributed by atoms with Gasteiger partial charge in [0.1, 0.15) is 17.7 Å². The Morgan fingerprint density at radius 2 is 2.04 bits per heavy atom. The van der Waals surface area contributed by atoms with Gasteiger partial charge >= 0.3 is 0 Å². The summed E-state index contributed by atoms with van der Waals surface area (Å²) in [4.78, 5) is 13.1. The molecule has 3 rings (SSSR count). The molecule has 0 unspecified atom stereocenters. The monoisotopic (exact) mass is 343 g/mol. The van der Waals surface area contributed by atoms with Gasteiger partial charge in [0, 0.05) is 24.2 Å². The van der Waals surface area contributed by atoms with E-state index >= 15 is 0 Å². The molecule has 25 heavy (non-hydrogen) atoms. The number of aldehydes is 1. The molecule has 1 heterocycles. The number of nitrogens with zero attached hydrogens (tertiary/aromatic N) is 1. The van der Waals surface area contributed by atoms with Crippen molar-refractivity contribution in [2.45, 2.75) is 25.8 Å². The Morgan fingerprint density at radius 1 is 1.28 bits per heavy atom. The van der Waals surface area contributed by atoms with Gasteiger partial charge < -0.3 is 20.1 Å². The maximum absolute atomic E-state index is 11.2. The molecule has 6 nitrogen and oxygen atoms in total. The summed E-state index contributed by atoms with van der Waals surface area (Å²) in [6.07, 6.45) is -0.414. The van der Waals surface area contributed by atoms with Crippen molar-refractivity contribution in [1.29, 1.82) is 0 Å². The molecule has 0 saturated carbocycles. The molecule has 1 fully saturated rings. The van der Waals surface area contributed by atoms with Gasteiger partial charge in [0.05, 0.1) is 18.3 Å². The quantitative estimate of drug-likeness (QED) is 0.721. The van der Waals surface area contributed by atoms with E-state index in [2.05, 4.69) is 0 Å². The lowest BCUT2D eigenvalue weighted by Crippen LogP contribution is -2.25. The number of phenolic OH excluding ortho intramolecular Hbond substituents is 2. The van der Waals surface area contributed by atoms with E-state index in [1.54, 1.807) is 24.3 Å². The van der Waals surface area contributed by atoms with Gasteiger partial charge in [0.2, 0.25) is 0 Å². The van der Waals surface area contributed by atoms with E-state index in [4.69, 9.17) is 4.74 Å². The van der Waals surface area contributed by atoms with E-state index in [-0.39, 0.29) is 23.7 Å². The minimum atomic E-state index is -0.615. The van der Waals surface area contributed by atoms with Crippen molar-refractivity contribution >= 4 is 6.29 Å². The highest BCUT2D eigenvalue weighted by Crippen LogP contribution is 2.38. The van der Waals surface area contributed by atoms with Crippen molar-refractivity contribution in [2.24, 2.45) is 0 Å². The van der Waals surface area contributed by atoms with Gasteiger partial charge in [-0.3, -0.25) is 9.69 Å². The minimum absolute atomic E-state index is 0.119. The predicted molar refractivity (Wildman–Crippen MR) is 91.4 cm³/mol. The lowest BCUT2D eigenvalue weighted by atomic mass is 10.0. The topological polar surface area (TPSA) is 90.2 Å². The maximum atomic E-state index is 11.2. The van der Waals surface area contributed by atoms with Gasteiger partial charge in [0.15, 0.2) is 6.29 Å². The number of aliphatic hydroxyl groups excluding tert-OH is 1. The first-order valence-electron chi connectivity index (χ1n) is 8.09. The first-order chi connectivity index (χ1) is 12.0. The summed E-state index contributed by atoms with van der Waals surface area (Å²) in [6, 6.07) is 10.4. The zero-order valence-electron chi connectivity index (χ0n) is 13.9. The number of aromatic hydroxyl groups is 2. The third kappa shape index (κ3) is 3.51. The standard InChI is InChI=1S/C19H21NO5/c1-12-6-14(10-21)18(24)16(7-12)19-20(9-15(11-22)25-19)8-13-4-2-3-5-17(13)23/h2-7,10,15,19,22-24H,8-9,11H2,1H3/t15-,19-/m0/s1. The van der Waals surface area contributed by atoms with Crippen LogP contribution in [0.25, 0.3) is 0 Å². The van der Waals surface area contributed by atoms with Crippen LogP contribution < -0.4 is 0 Å². The maximum Gasteiger partial charge on any atom is 0.153 e. The van der Waals surface area contributed by atoms with Crippen LogP contribution in [0.4, 0.5) is 0 Å². The summed E-state index contributed by atoms with van der Waals surface area (Å²) in [5.74, 6) is 0.0576. The lowest BCUT2D eigenvalue weighted by Gasteiger charge is -2.25. The van der Waals surface area contributed by atoms with Crippen LogP contribution in [-0.2, 0) is 11.3 Å². The molecule has 1 saturated heterocycles. The highest BCUT2D eigenvalue weighted by atomic mass is 16.5. The first-order valence-corrected chi connectivity index (χ1v) is 8.09. The second-order valence-electron chi connectivity index (χ2n) is 6.26. The molecule has 132 valence electrons. The largest absolute Gasteiger partial charge is 0.508 e. The second kappa shape index (κ2) is 7.23. The summed E-state index contributed by atoms with van der Waals surface area (Å²) >= 11 is 0. The lowest BCUT2D eigenvalue weighted by molar-refractivity contribution is -0.0228. The summed E-state index contributed by atoms with van der Waals surface area (Å²) in [5.41, 5.74) is 2.23. The van der Waals surface area contributed by atoms with Gasteiger partial charge in [-0.1, -0.05) is 18.2 Å². The van der Waals surface area contributed by atoms with E-state index in [1.807, 2.05) is 24.0 Å². The van der Waals surface area contributed by atoms with E-state index in [0.29, 0.717) is 24.9 Å². The molecular formula is C19H21NO5. The molecule has 0 aliphatic carbocycles. The number of aryl methyl sites for hydroxylation is 1. The Morgan fingerprint density at radius 3 is 2.72 bits per heavy atom. The fraction of sp³-hybridized carbons (Fsp3) is 0.316. The molecule has 0 aromatic heterocycles. The van der Waals surface area contributed by atoms with Crippen LogP contribution in [0.3, 0.4) is 0 Å². The van der Waals surface area contributed by atoms with Crippen molar-refractivity contribution in [1.82, 2.24) is 4.90 Å². The molecule has 6 heteroatoms. The van der Waals surface area contributed by atoms with Crippen LogP contribution >= 0.6 is 0 Å². The number of hydrogen-bond donors (Lipinski definition) is 3. The van der Waals surface area contributed by atoms with Crippen molar-refractivity contribution < 1.29 is 24.9 Å². The molecule has 2 aromatic rings. The molecule has 2 atom stereocenters. The van der Waals surface area contributed by atoms with Crippen molar-refractivity contribution in [3.8, 4) is 11.5 Å². The van der Waals surface area contributed by atoms with Crippen LogP contribution in [0, 0.1) is 6.92 Å². The van der Waals surface area contributed by atoms with Crippen LogP contribution in [-0.4, -0.2) is 45.8 Å². The summed E-state index contributed by atoms with van der Waals surface area (Å²) in [7, 11) is 0. The zero-order chi connectivity index (χ0) is 18.0. The van der Waals surface area contributed by atoms with Crippen LogP contribution in [0.15, 0.2) is 36.4 Å². The van der Waals surface area contributed by atoms with Gasteiger partial charge in [0.25, 0.3) is 0 Å². The van der Waals surface area contributed by atoms with Crippen molar-refractivity contribution in [3.63, 3.8) is 0 Å². The van der Waals surface area contributed by atoms with E-state index in [1.165, 1.54) is 0 Å². The summed E-state index contributed by atoms with van der Waals surface area (Å²) in [6.45, 7) is 2.51. The first kappa shape index (κ1) is 17.4. The summed E-state index contributed by atoms with van der Waals surface area (Å²) < 4.78 is 5.88. The minimum Gasteiger partial charge on any atom is -0.508 e. The fourth-order valence-electron chi connectivity index (χ4n) is 3.16. The predicted octanol–water partition coefficient (Wildman–Crippen LogP) is 2.11. The number of carbonyl (C=O) groups is 1. The zero-order valence-corrected chi connectivity index (χ0v) is 13.9. The van der Waals surface area contributed by atoms with Crippen LogP contribution in [0.2, 0.25) is 0 Å². The number of rotatable bonds is 5. The number of aliphatic hydroxyl groups is 1. The van der Waals surface area contributed by atoms with Crippen molar-refractivity contribution in [3.05, 3.63) is 58.7 Å². The Kier molecular flexibility index (Phi) is 5.03. The molecule has 3 N–H and O–H groups in total. The average molecular weight is 343 g/mol. The molecule has 1 aliphatic heterocycles. The highest BCUT2D eigenvalue weighted by Gasteiger charge is 2.36. The fourth-order valence-corrected chi connectivity index (χ4v) is 3.16.